The molecule has 1 heterocycles. The van der Waals surface area contributed by atoms with Crippen LogP contribution < -0.4 is 15.5 Å². The number of fused-ring (bicyclic) bond motifs is 1. The van der Waals surface area contributed by atoms with Crippen molar-refractivity contribution in [1.82, 2.24) is 0 Å². The first-order chi connectivity index (χ1) is 13.8. The Morgan fingerprint density at radius 2 is 1.90 bits per heavy atom. The Morgan fingerprint density at radius 3 is 2.62 bits per heavy atom. The van der Waals surface area contributed by atoms with Gasteiger partial charge < -0.3 is 19.2 Å². The second-order valence-electron chi connectivity index (χ2n) is 6.31. The van der Waals surface area contributed by atoms with Crippen molar-refractivity contribution in [2.45, 2.75) is 20.0 Å². The van der Waals surface area contributed by atoms with Gasteiger partial charge in [-0.05, 0) is 37.6 Å². The summed E-state index contributed by atoms with van der Waals surface area (Å²) < 4.78 is 15.8. The molecule has 1 unspecified atom stereocenters. The van der Waals surface area contributed by atoms with Crippen molar-refractivity contribution in [3.8, 4) is 5.75 Å². The number of carbonyl (C=O) groups excluding carboxylic acids is 2. The predicted molar refractivity (Wildman–Crippen MR) is 109 cm³/mol. The molecule has 0 fully saturated rings. The third kappa shape index (κ3) is 4.41. The van der Waals surface area contributed by atoms with Gasteiger partial charge in [0.1, 0.15) is 11.3 Å². The monoisotopic (exact) mass is 415 g/mol. The van der Waals surface area contributed by atoms with Gasteiger partial charge in [-0.3, -0.25) is 9.59 Å². The van der Waals surface area contributed by atoms with E-state index in [0.717, 1.165) is 11.6 Å². The largest absolute Gasteiger partial charge is 0.495 e. The molecule has 1 N–H and O–H groups in total. The summed E-state index contributed by atoms with van der Waals surface area (Å²) in [4.78, 5) is 36.9. The zero-order valence-electron chi connectivity index (χ0n) is 15.9. The molecule has 7 nitrogen and oxygen atoms in total. The Labute approximate surface area is 171 Å². The van der Waals surface area contributed by atoms with E-state index in [1.54, 1.807) is 43.3 Å². The lowest BCUT2D eigenvalue weighted by Gasteiger charge is -2.16. The fourth-order valence-electron chi connectivity index (χ4n) is 2.64. The molecule has 0 bridgehead atoms. The van der Waals surface area contributed by atoms with E-state index in [9.17, 15) is 14.4 Å². The van der Waals surface area contributed by atoms with Crippen molar-refractivity contribution < 1.29 is 23.5 Å². The van der Waals surface area contributed by atoms with E-state index in [1.165, 1.54) is 14.0 Å². The quantitative estimate of drug-likeness (QED) is 0.634. The number of carbonyl (C=O) groups is 2. The van der Waals surface area contributed by atoms with Crippen LogP contribution >= 0.6 is 11.6 Å². The second-order valence-corrected chi connectivity index (χ2v) is 6.72. The van der Waals surface area contributed by atoms with Crippen LogP contribution in [0.15, 0.2) is 51.7 Å². The summed E-state index contributed by atoms with van der Waals surface area (Å²) in [5, 5.41) is 3.47. The number of halogens is 1. The summed E-state index contributed by atoms with van der Waals surface area (Å²) in [6, 6.07) is 10.8. The molecular weight excluding hydrogens is 398 g/mol. The van der Waals surface area contributed by atoms with E-state index < -0.39 is 18.0 Å². The van der Waals surface area contributed by atoms with Crippen LogP contribution in [-0.4, -0.2) is 25.1 Å². The van der Waals surface area contributed by atoms with E-state index in [1.807, 2.05) is 0 Å². The van der Waals surface area contributed by atoms with Gasteiger partial charge in [-0.2, -0.15) is 0 Å². The van der Waals surface area contributed by atoms with Gasteiger partial charge in [-0.1, -0.05) is 23.7 Å². The third-order valence-corrected chi connectivity index (χ3v) is 4.63. The first-order valence-electron chi connectivity index (χ1n) is 8.69. The molecule has 3 rings (SSSR count). The van der Waals surface area contributed by atoms with E-state index >= 15 is 0 Å². The fraction of sp³-hybridized carbons (Fsp3) is 0.190. The van der Waals surface area contributed by atoms with Crippen LogP contribution in [0.3, 0.4) is 0 Å². The Balaban J connectivity index is 1.75. The van der Waals surface area contributed by atoms with Gasteiger partial charge in [0.15, 0.2) is 11.5 Å². The number of amides is 1. The average molecular weight is 416 g/mol. The normalized spacial score (nSPS) is 11.7. The molecule has 0 spiro atoms. The second kappa shape index (κ2) is 8.36. The lowest BCUT2D eigenvalue weighted by molar-refractivity contribution is -0.123. The van der Waals surface area contributed by atoms with E-state index in [4.69, 9.17) is 25.5 Å². The number of anilines is 1. The highest BCUT2D eigenvalue weighted by atomic mass is 35.5. The van der Waals surface area contributed by atoms with Crippen molar-refractivity contribution in [1.29, 1.82) is 0 Å². The number of methoxy groups -OCH3 is 1. The molecule has 0 saturated heterocycles. The molecule has 1 atom stereocenters. The Hall–Kier alpha value is -3.32. The first-order valence-corrected chi connectivity index (χ1v) is 9.07. The number of rotatable bonds is 5. The van der Waals surface area contributed by atoms with Gasteiger partial charge in [-0.15, -0.1) is 0 Å². The van der Waals surface area contributed by atoms with E-state index in [-0.39, 0.29) is 16.8 Å². The first kappa shape index (κ1) is 20.4. The van der Waals surface area contributed by atoms with Crippen LogP contribution in [0, 0.1) is 6.92 Å². The minimum atomic E-state index is -1.15. The average Bonchev–Trinajstić information content (AvgIpc) is 2.70. The number of ether oxygens (including phenoxy) is 2. The SMILES string of the molecule is COc1cc(Cl)c(C)cc1NC(=O)C(C)OC(=O)c1cc(=O)c2ccccc2o1. The maximum Gasteiger partial charge on any atom is 0.375 e. The molecular formula is C21H18ClNO6. The molecule has 150 valence electrons. The maximum atomic E-state index is 12.5. The molecule has 8 heteroatoms. The number of para-hydroxylation sites is 1. The molecule has 0 aliphatic carbocycles. The minimum Gasteiger partial charge on any atom is -0.495 e. The lowest BCUT2D eigenvalue weighted by atomic mass is 10.2. The van der Waals surface area contributed by atoms with E-state index in [2.05, 4.69) is 5.32 Å². The standard InChI is InChI=1S/C21H18ClNO6/c1-11-8-15(18(27-3)9-14(11)22)23-20(25)12(2)28-21(26)19-10-16(24)13-6-4-5-7-17(13)29-19/h4-10,12H,1-3H3,(H,23,25). The molecule has 0 saturated carbocycles. The molecule has 3 aromatic rings. The Morgan fingerprint density at radius 1 is 1.17 bits per heavy atom. The predicted octanol–water partition coefficient (Wildman–Crippen LogP) is 3.95. The van der Waals surface area contributed by atoms with Crippen molar-refractivity contribution in [2.75, 3.05) is 12.4 Å². The van der Waals surface area contributed by atoms with Crippen LogP contribution in [0.2, 0.25) is 5.02 Å². The van der Waals surface area contributed by atoms with E-state index in [0.29, 0.717) is 21.8 Å². The molecule has 0 aliphatic heterocycles. The maximum absolute atomic E-state index is 12.5. The summed E-state index contributed by atoms with van der Waals surface area (Å²) in [7, 11) is 1.45. The lowest BCUT2D eigenvalue weighted by Crippen LogP contribution is -2.30. The minimum absolute atomic E-state index is 0.255. The van der Waals surface area contributed by atoms with Crippen LogP contribution in [0.25, 0.3) is 11.0 Å². The number of hydrogen-bond acceptors (Lipinski definition) is 6. The van der Waals surface area contributed by atoms with Gasteiger partial charge in [-0.25, -0.2) is 4.79 Å². The van der Waals surface area contributed by atoms with Crippen molar-refractivity contribution in [3.05, 3.63) is 69.0 Å². The van der Waals surface area contributed by atoms with Gasteiger partial charge >= 0.3 is 5.97 Å². The number of esters is 1. The van der Waals surface area contributed by atoms with Crippen molar-refractivity contribution >= 4 is 40.1 Å². The van der Waals surface area contributed by atoms with Gasteiger partial charge in [0.25, 0.3) is 5.91 Å². The van der Waals surface area contributed by atoms with Crippen LogP contribution in [0.1, 0.15) is 23.0 Å². The number of aryl methyl sites for hydroxylation is 1. The Bertz CT molecular complexity index is 1150. The van der Waals surface area contributed by atoms with Gasteiger partial charge in [0, 0.05) is 17.2 Å². The summed E-state index contributed by atoms with van der Waals surface area (Å²) in [5.74, 6) is -1.42. The van der Waals surface area contributed by atoms with Crippen molar-refractivity contribution in [2.24, 2.45) is 0 Å². The van der Waals surface area contributed by atoms with Crippen LogP contribution in [0.4, 0.5) is 5.69 Å². The van der Waals surface area contributed by atoms with Gasteiger partial charge in [0.2, 0.25) is 5.76 Å². The zero-order valence-corrected chi connectivity index (χ0v) is 16.7. The molecule has 1 aromatic heterocycles. The number of hydrogen-bond donors (Lipinski definition) is 1. The molecule has 1 amide bonds. The van der Waals surface area contributed by atoms with Crippen LogP contribution in [-0.2, 0) is 9.53 Å². The summed E-state index contributed by atoms with van der Waals surface area (Å²) in [6.07, 6.45) is -1.15. The molecule has 29 heavy (non-hydrogen) atoms. The molecule has 0 aliphatic rings. The molecule has 0 radical (unpaired) electrons. The van der Waals surface area contributed by atoms with Crippen molar-refractivity contribution in [3.63, 3.8) is 0 Å². The fourth-order valence-corrected chi connectivity index (χ4v) is 2.79. The summed E-state index contributed by atoms with van der Waals surface area (Å²) in [5.41, 5.74) is 1.01. The smallest absolute Gasteiger partial charge is 0.375 e. The zero-order chi connectivity index (χ0) is 21.1. The third-order valence-electron chi connectivity index (χ3n) is 4.23. The summed E-state index contributed by atoms with van der Waals surface area (Å²) >= 11 is 6.06. The van der Waals surface area contributed by atoms with Gasteiger partial charge in [0.05, 0.1) is 18.2 Å². The highest BCUT2D eigenvalue weighted by Gasteiger charge is 2.22. The summed E-state index contributed by atoms with van der Waals surface area (Å²) in [6.45, 7) is 3.18. The van der Waals surface area contributed by atoms with Crippen LogP contribution in [0.5, 0.6) is 5.75 Å². The number of nitrogens with one attached hydrogen (secondary N) is 1. The highest BCUT2D eigenvalue weighted by Crippen LogP contribution is 2.31. The number of benzene rings is 2. The highest BCUT2D eigenvalue weighted by molar-refractivity contribution is 6.31. The molecule has 2 aromatic carbocycles. The Kier molecular flexibility index (Phi) is 5.89. The topological polar surface area (TPSA) is 94.8 Å².